The molecule has 0 saturated carbocycles. The van der Waals surface area contributed by atoms with Gasteiger partial charge in [-0.3, -0.25) is 9.59 Å². The number of carbonyl (C=O) groups excluding carboxylic acids is 2. The predicted octanol–water partition coefficient (Wildman–Crippen LogP) is 3.21. The third-order valence-electron chi connectivity index (χ3n) is 5.48. The van der Waals surface area contributed by atoms with Crippen LogP contribution in [0.25, 0.3) is 5.57 Å². The number of para-hydroxylation sites is 1. The summed E-state index contributed by atoms with van der Waals surface area (Å²) in [5.41, 5.74) is 4.31. The summed E-state index contributed by atoms with van der Waals surface area (Å²) in [7, 11) is 0. The first-order chi connectivity index (χ1) is 14.6. The summed E-state index contributed by atoms with van der Waals surface area (Å²) in [5, 5.41) is 0.660. The predicted molar refractivity (Wildman–Crippen MR) is 118 cm³/mol. The van der Waals surface area contributed by atoms with E-state index in [2.05, 4.69) is 9.89 Å². The van der Waals surface area contributed by atoms with Crippen molar-refractivity contribution >= 4 is 40.0 Å². The van der Waals surface area contributed by atoms with Gasteiger partial charge in [0.2, 0.25) is 0 Å². The second kappa shape index (κ2) is 7.74. The fraction of sp³-hybridized carbons (Fsp3) is 0.261. The molecule has 3 aliphatic heterocycles. The number of amidine groups is 1. The molecule has 2 aromatic carbocycles. The highest BCUT2D eigenvalue weighted by atomic mass is 32.2. The summed E-state index contributed by atoms with van der Waals surface area (Å²) in [4.78, 5) is 34.7. The SMILES string of the molecule is Cc1ccc(CN2C(=O)C(=C3SC(N4CCOCC4)=NC3=O)c3ccccc32)cc1. The molecule has 0 N–H and O–H groups in total. The van der Waals surface area contributed by atoms with E-state index in [1.165, 1.54) is 17.3 Å². The fourth-order valence-electron chi connectivity index (χ4n) is 3.88. The van der Waals surface area contributed by atoms with Crippen LogP contribution in [0.5, 0.6) is 0 Å². The van der Waals surface area contributed by atoms with Gasteiger partial charge in [-0.1, -0.05) is 48.0 Å². The summed E-state index contributed by atoms with van der Waals surface area (Å²) in [6.45, 7) is 5.13. The molecule has 0 aliphatic carbocycles. The largest absolute Gasteiger partial charge is 0.378 e. The summed E-state index contributed by atoms with van der Waals surface area (Å²) in [6, 6.07) is 15.8. The molecule has 152 valence electrons. The molecule has 2 amide bonds. The Morgan fingerprint density at radius 1 is 1.03 bits per heavy atom. The Kier molecular flexibility index (Phi) is 4.92. The summed E-state index contributed by atoms with van der Waals surface area (Å²) in [5.74, 6) is -0.483. The number of hydrogen-bond donors (Lipinski definition) is 0. The molecule has 0 spiro atoms. The van der Waals surface area contributed by atoms with Gasteiger partial charge in [-0.05, 0) is 30.3 Å². The van der Waals surface area contributed by atoms with Crippen LogP contribution >= 0.6 is 11.8 Å². The van der Waals surface area contributed by atoms with E-state index in [1.54, 1.807) is 4.90 Å². The first kappa shape index (κ1) is 19.1. The van der Waals surface area contributed by atoms with Gasteiger partial charge >= 0.3 is 0 Å². The van der Waals surface area contributed by atoms with Crippen molar-refractivity contribution in [1.82, 2.24) is 4.90 Å². The number of amides is 2. The zero-order valence-electron chi connectivity index (χ0n) is 16.6. The number of fused-ring (bicyclic) bond motifs is 1. The second-order valence-electron chi connectivity index (χ2n) is 7.50. The van der Waals surface area contributed by atoms with Crippen molar-refractivity contribution in [2.24, 2.45) is 4.99 Å². The number of rotatable bonds is 2. The lowest BCUT2D eigenvalue weighted by molar-refractivity contribution is -0.115. The van der Waals surface area contributed by atoms with Crippen molar-refractivity contribution in [3.8, 4) is 0 Å². The zero-order valence-corrected chi connectivity index (χ0v) is 17.4. The van der Waals surface area contributed by atoms with Crippen molar-refractivity contribution in [1.29, 1.82) is 0 Å². The highest BCUT2D eigenvalue weighted by molar-refractivity contribution is 8.18. The molecule has 30 heavy (non-hydrogen) atoms. The number of anilines is 1. The first-order valence-corrected chi connectivity index (χ1v) is 10.8. The van der Waals surface area contributed by atoms with Gasteiger partial charge in [0.15, 0.2) is 5.17 Å². The normalized spacial score (nSPS) is 21.3. The molecule has 1 fully saturated rings. The van der Waals surface area contributed by atoms with Crippen LogP contribution in [0.4, 0.5) is 5.69 Å². The number of benzene rings is 2. The van der Waals surface area contributed by atoms with Gasteiger partial charge in [0, 0.05) is 18.7 Å². The van der Waals surface area contributed by atoms with Crippen LogP contribution in [0.3, 0.4) is 0 Å². The fourth-order valence-corrected chi connectivity index (χ4v) is 4.93. The lowest BCUT2D eigenvalue weighted by Gasteiger charge is -2.27. The third kappa shape index (κ3) is 3.34. The number of nitrogens with zero attached hydrogens (tertiary/aromatic N) is 3. The van der Waals surface area contributed by atoms with E-state index in [1.807, 2.05) is 55.5 Å². The molecular formula is C23H21N3O3S. The van der Waals surface area contributed by atoms with Gasteiger partial charge in [-0.15, -0.1) is 0 Å². The van der Waals surface area contributed by atoms with Crippen LogP contribution in [0.2, 0.25) is 0 Å². The summed E-state index contributed by atoms with van der Waals surface area (Å²) in [6.07, 6.45) is 0. The highest BCUT2D eigenvalue weighted by Gasteiger charge is 2.39. The molecule has 6 nitrogen and oxygen atoms in total. The molecule has 0 radical (unpaired) electrons. The Bertz CT molecular complexity index is 1090. The Labute approximate surface area is 179 Å². The number of hydrogen-bond acceptors (Lipinski definition) is 5. The topological polar surface area (TPSA) is 62.2 Å². The molecule has 3 aliphatic rings. The van der Waals surface area contributed by atoms with Crippen LogP contribution in [0.15, 0.2) is 58.4 Å². The van der Waals surface area contributed by atoms with E-state index in [4.69, 9.17) is 4.74 Å². The van der Waals surface area contributed by atoms with Gasteiger partial charge in [-0.25, -0.2) is 0 Å². The maximum Gasteiger partial charge on any atom is 0.287 e. The molecule has 0 aromatic heterocycles. The van der Waals surface area contributed by atoms with Crippen LogP contribution in [-0.4, -0.2) is 48.2 Å². The smallest absolute Gasteiger partial charge is 0.287 e. The van der Waals surface area contributed by atoms with E-state index in [0.717, 1.165) is 16.8 Å². The number of aliphatic imine (C=N–C) groups is 1. The molecule has 0 atom stereocenters. The van der Waals surface area contributed by atoms with E-state index < -0.39 is 0 Å². The Morgan fingerprint density at radius 3 is 2.53 bits per heavy atom. The average molecular weight is 420 g/mol. The van der Waals surface area contributed by atoms with Gasteiger partial charge in [0.25, 0.3) is 11.8 Å². The molecule has 0 bridgehead atoms. The van der Waals surface area contributed by atoms with Crippen LogP contribution in [0.1, 0.15) is 16.7 Å². The first-order valence-electron chi connectivity index (χ1n) is 9.96. The number of morpholine rings is 1. The summed E-state index contributed by atoms with van der Waals surface area (Å²) >= 11 is 1.30. The third-order valence-corrected chi connectivity index (χ3v) is 6.59. The van der Waals surface area contributed by atoms with Crippen molar-refractivity contribution in [3.63, 3.8) is 0 Å². The number of aryl methyl sites for hydroxylation is 1. The second-order valence-corrected chi connectivity index (χ2v) is 8.48. The highest BCUT2D eigenvalue weighted by Crippen LogP contribution is 2.44. The number of carbonyl (C=O) groups is 2. The van der Waals surface area contributed by atoms with E-state index in [-0.39, 0.29) is 11.8 Å². The lowest BCUT2D eigenvalue weighted by atomic mass is 10.1. The molecule has 5 rings (SSSR count). The van der Waals surface area contributed by atoms with Crippen molar-refractivity contribution in [2.45, 2.75) is 13.5 Å². The number of thioether (sulfide) groups is 1. The molecule has 0 unspecified atom stereocenters. The summed E-state index contributed by atoms with van der Waals surface area (Å²) < 4.78 is 5.39. The zero-order chi connectivity index (χ0) is 20.7. The maximum atomic E-state index is 13.5. The van der Waals surface area contributed by atoms with Crippen molar-refractivity contribution in [3.05, 3.63) is 70.1 Å². The van der Waals surface area contributed by atoms with Crippen LogP contribution < -0.4 is 4.90 Å². The Hall–Kier alpha value is -2.90. The van der Waals surface area contributed by atoms with Gasteiger partial charge in [0.1, 0.15) is 0 Å². The minimum Gasteiger partial charge on any atom is -0.378 e. The molecule has 3 heterocycles. The van der Waals surface area contributed by atoms with E-state index in [0.29, 0.717) is 48.5 Å². The molecule has 2 aromatic rings. The quantitative estimate of drug-likeness (QED) is 0.700. The average Bonchev–Trinajstić information content (AvgIpc) is 3.28. The minimum atomic E-state index is -0.336. The molecule has 1 saturated heterocycles. The molecular weight excluding hydrogens is 398 g/mol. The minimum absolute atomic E-state index is 0.147. The Morgan fingerprint density at radius 2 is 1.77 bits per heavy atom. The van der Waals surface area contributed by atoms with Crippen LogP contribution in [-0.2, 0) is 20.9 Å². The maximum absolute atomic E-state index is 13.5. The standard InChI is InChI=1S/C23H21N3O3S/c1-15-6-8-16(9-7-15)14-26-18-5-3-2-4-17(18)19(22(26)28)20-21(27)24-23(30-20)25-10-12-29-13-11-25/h2-9H,10-14H2,1H3. The lowest BCUT2D eigenvalue weighted by Crippen LogP contribution is -2.38. The number of ether oxygens (including phenoxy) is 1. The Balaban J connectivity index is 1.49. The molecule has 7 heteroatoms. The van der Waals surface area contributed by atoms with Crippen molar-refractivity contribution < 1.29 is 14.3 Å². The monoisotopic (exact) mass is 419 g/mol. The van der Waals surface area contributed by atoms with Gasteiger partial charge < -0.3 is 14.5 Å². The van der Waals surface area contributed by atoms with E-state index in [9.17, 15) is 9.59 Å². The van der Waals surface area contributed by atoms with Gasteiger partial charge in [-0.2, -0.15) is 4.99 Å². The van der Waals surface area contributed by atoms with Crippen LogP contribution in [0, 0.1) is 6.92 Å². The van der Waals surface area contributed by atoms with Gasteiger partial charge in [0.05, 0.1) is 35.9 Å². The van der Waals surface area contributed by atoms with Crippen molar-refractivity contribution in [2.75, 3.05) is 31.2 Å². The van der Waals surface area contributed by atoms with E-state index >= 15 is 0 Å².